The van der Waals surface area contributed by atoms with Gasteiger partial charge in [0.1, 0.15) is 72.2 Å². The molecule has 7 heterocycles. The third-order valence-corrected chi connectivity index (χ3v) is 25.7. The van der Waals surface area contributed by atoms with Gasteiger partial charge in [-0.15, -0.1) is 0 Å². The molecule has 6 aromatic carbocycles. The molecule has 2 unspecified atom stereocenters. The Kier molecular flexibility index (Phi) is 30.8. The van der Waals surface area contributed by atoms with Crippen molar-refractivity contribution in [3.8, 4) is 5.75 Å². The topological polar surface area (TPSA) is 395 Å². The Bertz CT molecular complexity index is 6140. The van der Waals surface area contributed by atoms with Crippen molar-refractivity contribution in [3.05, 3.63) is 227 Å². The Morgan fingerprint density at radius 1 is 0.578 bits per heavy atom. The van der Waals surface area contributed by atoms with Crippen molar-refractivity contribution in [3.63, 3.8) is 0 Å². The summed E-state index contributed by atoms with van der Waals surface area (Å²) in [5.74, 6) is -0.927. The Balaban J connectivity index is 0.000000166. The molecule has 1 fully saturated rings. The Labute approximate surface area is 740 Å². The monoisotopic (exact) mass is 1890 g/mol. The van der Waals surface area contributed by atoms with Crippen molar-refractivity contribution in [2.45, 2.75) is 50.4 Å². The number of benzene rings is 6. The number of nitrogens with zero attached hydrogens (tertiary/aromatic N) is 11. The van der Waals surface area contributed by atoms with Crippen LogP contribution in [0.25, 0.3) is 0 Å². The lowest BCUT2D eigenvalue weighted by atomic mass is 9.88. The van der Waals surface area contributed by atoms with E-state index in [1.807, 2.05) is 36.4 Å². The maximum atomic E-state index is 13.6. The van der Waals surface area contributed by atoms with Crippen LogP contribution in [0.4, 0.5) is 138 Å². The van der Waals surface area contributed by atoms with Gasteiger partial charge in [-0.1, -0.05) is 47.5 Å². The fourth-order valence-corrected chi connectivity index (χ4v) is 16.0. The molecule has 2 atom stereocenters. The van der Waals surface area contributed by atoms with Crippen molar-refractivity contribution in [2.24, 2.45) is 11.7 Å². The summed E-state index contributed by atoms with van der Waals surface area (Å²) < 4.78 is 194. The van der Waals surface area contributed by atoms with Crippen LogP contribution >= 0.6 is 44.6 Å². The number of hydrogen-bond acceptors (Lipinski definition) is 27. The van der Waals surface area contributed by atoms with Crippen LogP contribution in [0.2, 0.25) is 10.0 Å². The number of morpholine rings is 1. The summed E-state index contributed by atoms with van der Waals surface area (Å²) in [6.45, 7) is 12.8. The van der Waals surface area contributed by atoms with Gasteiger partial charge in [0.15, 0.2) is 5.82 Å². The van der Waals surface area contributed by atoms with E-state index in [9.17, 15) is 71.2 Å². The van der Waals surface area contributed by atoms with E-state index in [0.29, 0.717) is 127 Å². The zero-order valence-electron chi connectivity index (χ0n) is 69.8. The second kappa shape index (κ2) is 40.9. The summed E-state index contributed by atoms with van der Waals surface area (Å²) in [5, 5.41) is 28.4. The average molecular weight is 1890 g/mol. The van der Waals surface area contributed by atoms with Gasteiger partial charge in [0.2, 0.25) is 45.6 Å². The highest BCUT2D eigenvalue weighted by molar-refractivity contribution is 7.92. The van der Waals surface area contributed by atoms with Gasteiger partial charge >= 0.3 is 18.5 Å². The number of ether oxygens (including phenoxy) is 2. The third kappa shape index (κ3) is 26.7. The van der Waals surface area contributed by atoms with Gasteiger partial charge in [0, 0.05) is 124 Å². The van der Waals surface area contributed by atoms with E-state index in [4.69, 9.17) is 38.4 Å². The molecule has 1 aliphatic carbocycles. The van der Waals surface area contributed by atoms with Gasteiger partial charge in [0.05, 0.1) is 50.8 Å². The van der Waals surface area contributed by atoms with Crippen LogP contribution in [0.5, 0.6) is 5.75 Å². The van der Waals surface area contributed by atoms with Crippen LogP contribution in [0.1, 0.15) is 40.7 Å². The number of sulfonamides is 1. The van der Waals surface area contributed by atoms with Crippen LogP contribution in [-0.4, -0.2) is 158 Å². The molecule has 0 spiro atoms. The van der Waals surface area contributed by atoms with E-state index in [0.717, 1.165) is 41.1 Å². The van der Waals surface area contributed by atoms with Gasteiger partial charge < -0.3 is 81.7 Å². The molecule has 2 amide bonds. The maximum Gasteiger partial charge on any atom is 0.421 e. The summed E-state index contributed by atoms with van der Waals surface area (Å²) in [5.41, 5.74) is 8.32. The lowest BCUT2D eigenvalue weighted by Gasteiger charge is -2.28. The van der Waals surface area contributed by atoms with Crippen molar-refractivity contribution in [2.75, 3.05) is 144 Å². The molecule has 1 saturated heterocycles. The predicted molar refractivity (Wildman–Crippen MR) is 484 cm³/mol. The van der Waals surface area contributed by atoms with Gasteiger partial charge in [-0.25, -0.2) is 33.3 Å². The molecule has 11 aromatic rings. The molecule has 5 aromatic heterocycles. The number of carbonyl (C=O) groups is 2. The van der Waals surface area contributed by atoms with Crippen LogP contribution < -0.4 is 83.4 Å². The van der Waals surface area contributed by atoms with Crippen LogP contribution in [0.15, 0.2) is 189 Å². The molecule has 45 heteroatoms. The molecular formula is C83H87Cl2F9N21O9P3S. The van der Waals surface area contributed by atoms with Crippen LogP contribution in [0.3, 0.4) is 0 Å². The lowest BCUT2D eigenvalue weighted by Crippen LogP contribution is -2.39. The van der Waals surface area contributed by atoms with E-state index in [1.54, 1.807) is 155 Å². The summed E-state index contributed by atoms with van der Waals surface area (Å²) >= 11 is 12.2. The number of aromatic nitrogens is 9. The number of alkyl halides is 9. The first kappa shape index (κ1) is 96.5. The van der Waals surface area contributed by atoms with Gasteiger partial charge in [-0.2, -0.15) is 59.4 Å². The molecule has 3 aliphatic rings. The molecule has 14 rings (SSSR count). The number of allylic oxidation sites excluding steroid dienone is 1. The molecule has 128 heavy (non-hydrogen) atoms. The SMILES string of the molecule is CN(c1ncccc1CNc1nc(Nc2ccc3c(c2)CC(=O)N3)ncc1C(F)(F)F)S(C)(=O)=O.COc1cc(P(C)(C)=O)ccc1Nc1ncc(Cl)c(NC2CC=CCC2C(N)=O)n1.CP(C)(=O)c1ccc(Nc2nc(Nc3ccc(N4CCOCC4)cc3)ncc2C(F)(F)F)cc1.CP(C)(=O)c1ccc(Nc2ncc(C(F)(F)F)c(Nc3cccc(Cl)c3)n2)cc1. The number of carbonyl (C=O) groups excluding carboxylic acids is 2. The van der Waals surface area contributed by atoms with Crippen LogP contribution in [-0.2, 0) is 69.5 Å². The highest BCUT2D eigenvalue weighted by Crippen LogP contribution is 2.43. The minimum absolute atomic E-state index is 0.0218. The van der Waals surface area contributed by atoms with Crippen molar-refractivity contribution in [1.82, 2.24) is 44.9 Å². The first-order valence-corrected chi connectivity index (χ1v) is 49.1. The van der Waals surface area contributed by atoms with E-state index in [1.165, 1.54) is 32.6 Å². The minimum atomic E-state index is -4.73. The quantitative estimate of drug-likeness (QED) is 0.0144. The number of halogens is 11. The number of fused-ring (bicyclic) bond motifs is 1. The molecule has 11 N–H and O–H groups in total. The van der Waals surface area contributed by atoms with E-state index >= 15 is 0 Å². The maximum absolute atomic E-state index is 13.6. The second-order valence-corrected chi connectivity index (χ2v) is 42.6. The number of primary amides is 1. The summed E-state index contributed by atoms with van der Waals surface area (Å²) in [4.78, 5) is 61.7. The first-order valence-electron chi connectivity index (χ1n) is 38.7. The van der Waals surface area contributed by atoms with Crippen LogP contribution in [0, 0.1) is 5.92 Å². The minimum Gasteiger partial charge on any atom is -0.495 e. The molecule has 30 nitrogen and oxygen atoms in total. The Morgan fingerprint density at radius 3 is 1.59 bits per heavy atom. The zero-order valence-corrected chi connectivity index (χ0v) is 74.8. The van der Waals surface area contributed by atoms with E-state index < -0.39 is 78.3 Å². The molecule has 2 aliphatic heterocycles. The predicted octanol–water partition coefficient (Wildman–Crippen LogP) is 17.4. The third-order valence-electron chi connectivity index (χ3n) is 19.4. The number of methoxy groups -OCH3 is 1. The smallest absolute Gasteiger partial charge is 0.421 e. The Morgan fingerprint density at radius 2 is 1.05 bits per heavy atom. The highest BCUT2D eigenvalue weighted by atomic mass is 35.5. The number of rotatable bonds is 25. The van der Waals surface area contributed by atoms with Crippen molar-refractivity contribution >= 4 is 181 Å². The molecule has 0 bridgehead atoms. The number of nitrogens with two attached hydrogens (primary N) is 1. The normalized spacial score (nSPS) is 14.6. The number of nitrogens with one attached hydrogen (secondary N) is 9. The highest BCUT2D eigenvalue weighted by Gasteiger charge is 2.39. The number of pyridine rings is 1. The summed E-state index contributed by atoms with van der Waals surface area (Å²) in [6, 6.07) is 40.1. The number of amides is 2. The molecule has 676 valence electrons. The van der Waals surface area contributed by atoms with Gasteiger partial charge in [-0.3, -0.25) is 13.9 Å². The van der Waals surface area contributed by atoms with Crippen molar-refractivity contribution in [1.29, 1.82) is 0 Å². The van der Waals surface area contributed by atoms with E-state index in [-0.39, 0.29) is 66.2 Å². The summed E-state index contributed by atoms with van der Waals surface area (Å²) in [6.07, 6.45) is -2.68. The standard InChI is InChI=1S/C23H25F3N5O2P.C21H20F3N7O3S.C20H25ClN5O3P.C19H17ClF3N4OP/c1-34(2,32)19-9-5-16(6-10-19)28-21-20(23(24,25)26)15-27-22(30-21)29-17-3-7-18(8-4-17)31-11-13-33-14-12-31;1-31(35(2,33)34)19-12(4-3-7-25-19)10-26-18-15(21(22,23)24)11-27-20(30-18)28-14-5-6-16-13(8-14)9-17(32)29-16;1-29-17-10-12(30(2,3)28)8-9-16(17)25-20-23-11-14(21)19(26-20)24-15-7-5-4-6-13(15)18(22)27;1-29(2,28)15-8-6-13(7-9-15)26-18-24-11-16(19(21,22)23)17(27-18)25-14-5-3-4-12(20)10-14/h3-10,15H,11-14H2,1-2H3,(H2,27,28,29,30);3-8,11H,9-10H2,1-2H3,(H,29,32)(H2,26,27,28,30);4-5,8-11,13,15H,6-7H2,1-3H3,(H2,22,27)(H2,23,24,25,26);3-11H,1-2H3,(H2,24,25,26,27). The van der Waals surface area contributed by atoms with Gasteiger partial charge in [-0.05, 0) is 192 Å². The van der Waals surface area contributed by atoms with Crippen molar-refractivity contribution < 1.29 is 80.7 Å². The Hall–Kier alpha value is -12.2. The van der Waals surface area contributed by atoms with E-state index in [2.05, 4.69) is 97.6 Å². The fraction of sp³-hybridized carbons (Fsp3) is 0.265. The molecule has 0 saturated carbocycles. The molecular weight excluding hydrogens is 1800 g/mol. The first-order chi connectivity index (χ1) is 60.2. The number of anilines is 17. The lowest BCUT2D eigenvalue weighted by molar-refractivity contribution is -0.138. The summed E-state index contributed by atoms with van der Waals surface area (Å²) in [7, 11) is -8.09. The second-order valence-electron chi connectivity index (χ2n) is 30.1. The fourth-order valence-electron chi connectivity index (χ4n) is 12.6. The largest absolute Gasteiger partial charge is 0.495 e. The molecule has 0 radical (unpaired) electrons. The zero-order chi connectivity index (χ0) is 92.8. The van der Waals surface area contributed by atoms with Gasteiger partial charge in [0.25, 0.3) is 0 Å². The number of hydrogen-bond donors (Lipinski definition) is 10. The average Bonchev–Trinajstić information content (AvgIpc) is 1.19.